The van der Waals surface area contributed by atoms with E-state index in [1.807, 2.05) is 0 Å². The molecule has 1 aromatic rings. The van der Waals surface area contributed by atoms with Crippen molar-refractivity contribution >= 4 is 64.5 Å². The Morgan fingerprint density at radius 1 is 1.37 bits per heavy atom. The summed E-state index contributed by atoms with van der Waals surface area (Å²) in [6.07, 6.45) is 0. The number of amides is 2. The number of carbonyl (C=O) groups is 3. The van der Waals surface area contributed by atoms with E-state index in [4.69, 9.17) is 23.2 Å². The number of fused-ring (bicyclic) bond motifs is 1. The Labute approximate surface area is 173 Å². The molecule has 1 saturated heterocycles. The van der Waals surface area contributed by atoms with Gasteiger partial charge in [0.25, 0.3) is 5.91 Å². The van der Waals surface area contributed by atoms with Crippen molar-refractivity contribution in [3.8, 4) is 0 Å². The number of benzene rings is 1. The van der Waals surface area contributed by atoms with Gasteiger partial charge >= 0.3 is 5.97 Å². The van der Waals surface area contributed by atoms with Crippen molar-refractivity contribution < 1.29 is 24.6 Å². The van der Waals surface area contributed by atoms with Gasteiger partial charge in [-0.1, -0.05) is 23.2 Å². The van der Waals surface area contributed by atoms with Crippen LogP contribution in [0.2, 0.25) is 10.0 Å². The van der Waals surface area contributed by atoms with Crippen LogP contribution in [-0.4, -0.2) is 62.4 Å². The summed E-state index contributed by atoms with van der Waals surface area (Å²) in [6.45, 7) is -0.431. The van der Waals surface area contributed by atoms with Gasteiger partial charge in [-0.05, 0) is 23.8 Å². The maximum absolute atomic E-state index is 12.4. The molecule has 0 spiro atoms. The van der Waals surface area contributed by atoms with Crippen molar-refractivity contribution in [3.63, 3.8) is 0 Å². The van der Waals surface area contributed by atoms with Crippen LogP contribution in [0, 0.1) is 0 Å². The van der Waals surface area contributed by atoms with Gasteiger partial charge in [-0.2, -0.15) is 0 Å². The largest absolute Gasteiger partial charge is 0.477 e. The van der Waals surface area contributed by atoms with Crippen LogP contribution >= 0.6 is 46.7 Å². The zero-order chi connectivity index (χ0) is 19.7. The molecular weight excluding hydrogens is 435 g/mol. The van der Waals surface area contributed by atoms with E-state index in [0.29, 0.717) is 14.9 Å². The number of aliphatic hydroxyl groups excluding tert-OH is 1. The van der Waals surface area contributed by atoms with Gasteiger partial charge in [0.1, 0.15) is 17.1 Å². The van der Waals surface area contributed by atoms with Crippen LogP contribution in [0.25, 0.3) is 0 Å². The quantitative estimate of drug-likeness (QED) is 0.449. The number of nitrogens with one attached hydrogen (secondary N) is 1. The fourth-order valence-corrected chi connectivity index (χ4v) is 5.39. The molecule has 2 heterocycles. The van der Waals surface area contributed by atoms with Crippen molar-refractivity contribution in [2.24, 2.45) is 0 Å². The highest BCUT2D eigenvalue weighted by Gasteiger charge is 2.54. The van der Waals surface area contributed by atoms with E-state index < -0.39 is 29.9 Å². The lowest BCUT2D eigenvalue weighted by Gasteiger charge is -2.49. The summed E-state index contributed by atoms with van der Waals surface area (Å²) in [5.74, 6) is -1.83. The van der Waals surface area contributed by atoms with Crippen LogP contribution in [0.1, 0.15) is 0 Å². The maximum atomic E-state index is 12.4. The molecule has 0 radical (unpaired) electrons. The van der Waals surface area contributed by atoms with Crippen LogP contribution < -0.4 is 5.32 Å². The second-order valence-electron chi connectivity index (χ2n) is 5.73. The highest BCUT2D eigenvalue weighted by atomic mass is 35.5. The molecule has 2 aliphatic rings. The molecule has 11 heteroatoms. The van der Waals surface area contributed by atoms with Crippen LogP contribution in [0.5, 0.6) is 0 Å². The summed E-state index contributed by atoms with van der Waals surface area (Å²) in [5, 5.41) is 21.7. The molecule has 1 aromatic carbocycles. The average molecular weight is 449 g/mol. The number of hydrogen-bond acceptors (Lipinski definition) is 6. The summed E-state index contributed by atoms with van der Waals surface area (Å²) in [5.41, 5.74) is 0.0878. The fraction of sp³-hybridized carbons (Fsp3) is 0.312. The Kier molecular flexibility index (Phi) is 6.27. The van der Waals surface area contributed by atoms with Crippen molar-refractivity contribution in [2.45, 2.75) is 16.3 Å². The smallest absolute Gasteiger partial charge is 0.352 e. The SMILES string of the molecule is O=C(CSc1cc(Cl)ccc1Cl)NC1C(=O)N2C(C(=O)O)=C(CO)CSC12. The first kappa shape index (κ1) is 20.3. The summed E-state index contributed by atoms with van der Waals surface area (Å²) >= 11 is 14.5. The minimum Gasteiger partial charge on any atom is -0.477 e. The second kappa shape index (κ2) is 8.32. The predicted molar refractivity (Wildman–Crippen MR) is 104 cm³/mol. The van der Waals surface area contributed by atoms with Crippen LogP contribution in [0.4, 0.5) is 0 Å². The summed E-state index contributed by atoms with van der Waals surface area (Å²) in [4.78, 5) is 37.8. The number of hydrogen-bond donors (Lipinski definition) is 3. The zero-order valence-electron chi connectivity index (χ0n) is 13.6. The van der Waals surface area contributed by atoms with Crippen molar-refractivity contribution in [2.75, 3.05) is 18.1 Å². The van der Waals surface area contributed by atoms with Crippen LogP contribution in [-0.2, 0) is 14.4 Å². The van der Waals surface area contributed by atoms with Gasteiger partial charge in [0.15, 0.2) is 0 Å². The first-order valence-electron chi connectivity index (χ1n) is 7.71. The Morgan fingerprint density at radius 3 is 2.78 bits per heavy atom. The molecule has 0 bridgehead atoms. The van der Waals surface area contributed by atoms with Crippen LogP contribution in [0.15, 0.2) is 34.4 Å². The molecule has 3 rings (SSSR count). The average Bonchev–Trinajstić information content (AvgIpc) is 2.65. The molecular formula is C16H14Cl2N2O5S2. The van der Waals surface area contributed by atoms with Gasteiger partial charge < -0.3 is 15.5 Å². The lowest BCUT2D eigenvalue weighted by Crippen LogP contribution is -2.70. The summed E-state index contributed by atoms with van der Waals surface area (Å²) < 4.78 is 0. The van der Waals surface area contributed by atoms with E-state index in [0.717, 1.165) is 4.90 Å². The normalized spacial score (nSPS) is 21.6. The van der Waals surface area contributed by atoms with E-state index >= 15 is 0 Å². The predicted octanol–water partition coefficient (Wildman–Crippen LogP) is 1.82. The Morgan fingerprint density at radius 2 is 2.11 bits per heavy atom. The number of thioether (sulfide) groups is 2. The number of halogens is 2. The lowest BCUT2D eigenvalue weighted by atomic mass is 10.0. The minimum atomic E-state index is -1.27. The van der Waals surface area contributed by atoms with Crippen molar-refractivity contribution in [1.29, 1.82) is 0 Å². The molecule has 1 fully saturated rings. The zero-order valence-corrected chi connectivity index (χ0v) is 16.8. The van der Waals surface area contributed by atoms with Gasteiger partial charge in [0, 0.05) is 15.7 Å². The van der Waals surface area contributed by atoms with Gasteiger partial charge in [0.2, 0.25) is 5.91 Å². The van der Waals surface area contributed by atoms with E-state index in [2.05, 4.69) is 5.32 Å². The third kappa shape index (κ3) is 4.07. The lowest BCUT2D eigenvalue weighted by molar-refractivity contribution is -0.150. The van der Waals surface area contributed by atoms with E-state index in [1.54, 1.807) is 18.2 Å². The second-order valence-corrected chi connectivity index (χ2v) is 8.70. The Hall–Kier alpha value is -1.39. The third-order valence-electron chi connectivity index (χ3n) is 4.01. The summed E-state index contributed by atoms with van der Waals surface area (Å²) in [7, 11) is 0. The highest BCUT2D eigenvalue weighted by Crippen LogP contribution is 2.40. The number of β-lactam (4-membered cyclic amide) rings is 1. The van der Waals surface area contributed by atoms with E-state index in [-0.39, 0.29) is 28.7 Å². The van der Waals surface area contributed by atoms with Crippen LogP contribution in [0.3, 0.4) is 0 Å². The highest BCUT2D eigenvalue weighted by molar-refractivity contribution is 8.00. The molecule has 27 heavy (non-hydrogen) atoms. The van der Waals surface area contributed by atoms with Gasteiger partial charge in [0.05, 0.1) is 17.4 Å². The first-order valence-corrected chi connectivity index (χ1v) is 10.5. The molecule has 3 N–H and O–H groups in total. The first-order chi connectivity index (χ1) is 12.8. The molecule has 0 aliphatic carbocycles. The molecule has 144 valence electrons. The number of nitrogens with zero attached hydrogens (tertiary/aromatic N) is 1. The van der Waals surface area contributed by atoms with Gasteiger partial charge in [-0.3, -0.25) is 14.5 Å². The fourth-order valence-electron chi connectivity index (χ4n) is 2.75. The summed E-state index contributed by atoms with van der Waals surface area (Å²) in [6, 6.07) is 4.13. The number of aliphatic carboxylic acids is 1. The van der Waals surface area contributed by atoms with Crippen molar-refractivity contribution in [3.05, 3.63) is 39.5 Å². The van der Waals surface area contributed by atoms with E-state index in [9.17, 15) is 24.6 Å². The molecule has 2 atom stereocenters. The number of carbonyl (C=O) groups excluding carboxylic acids is 2. The standard InChI is InChI=1S/C16H14Cl2N2O5S2/c17-8-1-2-9(18)10(3-8)26-6-11(22)19-12-14(23)20-13(16(24)25)7(4-21)5-27-15(12)20/h1-3,12,15,21H,4-6H2,(H,19,22)(H,24,25). The maximum Gasteiger partial charge on any atom is 0.352 e. The molecule has 2 unspecified atom stereocenters. The molecule has 0 saturated carbocycles. The molecule has 0 aromatic heterocycles. The molecule has 2 aliphatic heterocycles. The van der Waals surface area contributed by atoms with Gasteiger partial charge in [-0.15, -0.1) is 23.5 Å². The number of carboxylic acids is 1. The monoisotopic (exact) mass is 448 g/mol. The molecule has 7 nitrogen and oxygen atoms in total. The van der Waals surface area contributed by atoms with E-state index in [1.165, 1.54) is 23.5 Å². The minimum absolute atomic E-state index is 0.0325. The molecule has 2 amide bonds. The van der Waals surface area contributed by atoms with Crippen molar-refractivity contribution in [1.82, 2.24) is 10.2 Å². The Balaban J connectivity index is 1.62. The topological polar surface area (TPSA) is 107 Å². The van der Waals surface area contributed by atoms with Gasteiger partial charge in [-0.25, -0.2) is 4.79 Å². The number of carboxylic acid groups (broad SMARTS) is 1. The third-order valence-corrected chi connectivity index (χ3v) is 7.08. The Bertz CT molecular complexity index is 848. The number of rotatable bonds is 6. The number of aliphatic hydroxyl groups is 1.